The lowest BCUT2D eigenvalue weighted by molar-refractivity contribution is -0.123. The van der Waals surface area contributed by atoms with Gasteiger partial charge in [0.1, 0.15) is 0 Å². The van der Waals surface area contributed by atoms with E-state index in [1.165, 1.54) is 12.8 Å². The van der Waals surface area contributed by atoms with E-state index >= 15 is 0 Å². The fraction of sp³-hybridized carbons (Fsp3) is 1.00. The summed E-state index contributed by atoms with van der Waals surface area (Å²) in [6, 6.07) is 0. The Labute approximate surface area is 81.4 Å². The average Bonchev–Trinajstić information content (AvgIpc) is 2.61. The molecule has 0 aliphatic carbocycles. The van der Waals surface area contributed by atoms with Gasteiger partial charge in [-0.1, -0.05) is 0 Å². The Bertz CT molecular complexity index is 78.6. The van der Waals surface area contributed by atoms with E-state index in [9.17, 15) is 0 Å². The highest BCUT2D eigenvalue weighted by atomic mass is 16.7. The van der Waals surface area contributed by atoms with Crippen LogP contribution in [0, 0.1) is 0 Å². The van der Waals surface area contributed by atoms with E-state index in [0.717, 1.165) is 26.4 Å². The van der Waals surface area contributed by atoms with Gasteiger partial charge in [0.15, 0.2) is 6.29 Å². The zero-order valence-corrected chi connectivity index (χ0v) is 9.04. The summed E-state index contributed by atoms with van der Waals surface area (Å²) in [4.78, 5) is 0. The van der Waals surface area contributed by atoms with E-state index in [1.807, 2.05) is 20.8 Å². The molecule has 1 fully saturated rings. The molecule has 0 aromatic heterocycles. The summed E-state index contributed by atoms with van der Waals surface area (Å²) in [5.41, 5.74) is 0. The first-order chi connectivity index (χ1) is 6.31. The number of ether oxygens (including phenoxy) is 3. The van der Waals surface area contributed by atoms with Gasteiger partial charge in [0, 0.05) is 26.4 Å². The largest absolute Gasteiger partial charge is 0.381 e. The van der Waals surface area contributed by atoms with E-state index in [-0.39, 0.29) is 6.29 Å². The van der Waals surface area contributed by atoms with Crippen molar-refractivity contribution in [1.82, 2.24) is 0 Å². The Morgan fingerprint density at radius 3 is 1.77 bits per heavy atom. The molecular formula is C10H22O3. The van der Waals surface area contributed by atoms with Crippen molar-refractivity contribution in [3.8, 4) is 0 Å². The van der Waals surface area contributed by atoms with Gasteiger partial charge in [-0.2, -0.15) is 0 Å². The second-order valence-corrected chi connectivity index (χ2v) is 2.80. The van der Waals surface area contributed by atoms with Crippen LogP contribution in [0.2, 0.25) is 0 Å². The van der Waals surface area contributed by atoms with E-state index < -0.39 is 0 Å². The molecule has 0 aromatic rings. The molecule has 1 saturated heterocycles. The Morgan fingerprint density at radius 2 is 1.54 bits per heavy atom. The summed E-state index contributed by atoms with van der Waals surface area (Å²) < 4.78 is 15.1. The quantitative estimate of drug-likeness (QED) is 0.636. The van der Waals surface area contributed by atoms with Crippen LogP contribution in [-0.2, 0) is 14.2 Å². The van der Waals surface area contributed by atoms with Crippen molar-refractivity contribution in [2.24, 2.45) is 0 Å². The third-order valence-electron chi connectivity index (χ3n) is 1.63. The molecule has 13 heavy (non-hydrogen) atoms. The van der Waals surface area contributed by atoms with Gasteiger partial charge in [0.05, 0.1) is 0 Å². The van der Waals surface area contributed by atoms with E-state index in [4.69, 9.17) is 14.2 Å². The summed E-state index contributed by atoms with van der Waals surface area (Å²) in [5.74, 6) is 0. The van der Waals surface area contributed by atoms with Crippen molar-refractivity contribution < 1.29 is 14.2 Å². The normalized spacial score (nSPS) is 15.7. The highest BCUT2D eigenvalue weighted by molar-refractivity contribution is 4.43. The maximum absolute atomic E-state index is 5.06. The average molecular weight is 190 g/mol. The van der Waals surface area contributed by atoms with Crippen molar-refractivity contribution in [2.75, 3.05) is 26.4 Å². The summed E-state index contributed by atoms with van der Waals surface area (Å²) in [5, 5.41) is 0. The first-order valence-corrected chi connectivity index (χ1v) is 5.12. The summed E-state index contributed by atoms with van der Waals surface area (Å²) >= 11 is 0. The molecule has 0 unspecified atom stereocenters. The molecule has 3 heteroatoms. The summed E-state index contributed by atoms with van der Waals surface area (Å²) in [6.07, 6.45) is 2.52. The lowest BCUT2D eigenvalue weighted by atomic mass is 10.4. The van der Waals surface area contributed by atoms with Crippen molar-refractivity contribution in [1.29, 1.82) is 0 Å². The third kappa shape index (κ3) is 9.80. The SMILES string of the molecule is C1CCOC1.CCOC(C)OCC. The van der Waals surface area contributed by atoms with Gasteiger partial charge in [0.2, 0.25) is 0 Å². The zero-order valence-electron chi connectivity index (χ0n) is 9.04. The van der Waals surface area contributed by atoms with Crippen LogP contribution < -0.4 is 0 Å². The molecule has 0 N–H and O–H groups in total. The topological polar surface area (TPSA) is 27.7 Å². The molecule has 0 radical (unpaired) electrons. The molecule has 3 nitrogen and oxygen atoms in total. The number of hydrogen-bond acceptors (Lipinski definition) is 3. The lowest BCUT2D eigenvalue weighted by Gasteiger charge is -2.09. The predicted molar refractivity (Wildman–Crippen MR) is 52.8 cm³/mol. The molecule has 0 bridgehead atoms. The van der Waals surface area contributed by atoms with Gasteiger partial charge in [-0.3, -0.25) is 0 Å². The second kappa shape index (κ2) is 9.96. The number of rotatable bonds is 4. The fourth-order valence-corrected chi connectivity index (χ4v) is 1.03. The van der Waals surface area contributed by atoms with Gasteiger partial charge >= 0.3 is 0 Å². The molecule has 0 atom stereocenters. The monoisotopic (exact) mass is 190 g/mol. The van der Waals surface area contributed by atoms with Gasteiger partial charge in [-0.15, -0.1) is 0 Å². The maximum atomic E-state index is 5.06. The lowest BCUT2D eigenvalue weighted by Crippen LogP contribution is -2.11. The van der Waals surface area contributed by atoms with E-state index in [2.05, 4.69) is 0 Å². The maximum Gasteiger partial charge on any atom is 0.154 e. The molecule has 0 spiro atoms. The molecule has 1 aliphatic rings. The third-order valence-corrected chi connectivity index (χ3v) is 1.63. The van der Waals surface area contributed by atoms with Crippen LogP contribution in [0.4, 0.5) is 0 Å². The van der Waals surface area contributed by atoms with Gasteiger partial charge in [-0.05, 0) is 33.6 Å². The van der Waals surface area contributed by atoms with Crippen molar-refractivity contribution in [2.45, 2.75) is 39.9 Å². The minimum Gasteiger partial charge on any atom is -0.381 e. The molecule has 80 valence electrons. The first-order valence-electron chi connectivity index (χ1n) is 5.12. The fourth-order valence-electron chi connectivity index (χ4n) is 1.03. The smallest absolute Gasteiger partial charge is 0.154 e. The van der Waals surface area contributed by atoms with Crippen LogP contribution in [0.25, 0.3) is 0 Å². The Hall–Kier alpha value is -0.120. The molecular weight excluding hydrogens is 168 g/mol. The van der Waals surface area contributed by atoms with Crippen LogP contribution >= 0.6 is 0 Å². The summed E-state index contributed by atoms with van der Waals surface area (Å²) in [6.45, 7) is 9.25. The Balaban J connectivity index is 0.000000243. The van der Waals surface area contributed by atoms with Crippen LogP contribution in [0.3, 0.4) is 0 Å². The zero-order chi connectivity index (χ0) is 9.94. The Morgan fingerprint density at radius 1 is 1.08 bits per heavy atom. The van der Waals surface area contributed by atoms with E-state index in [1.54, 1.807) is 0 Å². The second-order valence-electron chi connectivity index (χ2n) is 2.80. The Kier molecular flexibility index (Phi) is 9.87. The van der Waals surface area contributed by atoms with Crippen molar-refractivity contribution in [3.63, 3.8) is 0 Å². The highest BCUT2D eigenvalue weighted by Gasteiger charge is 1.95. The molecule has 1 heterocycles. The molecule has 1 aliphatic heterocycles. The van der Waals surface area contributed by atoms with Crippen LogP contribution in [0.1, 0.15) is 33.6 Å². The first kappa shape index (κ1) is 12.9. The van der Waals surface area contributed by atoms with E-state index in [0.29, 0.717) is 0 Å². The van der Waals surface area contributed by atoms with Gasteiger partial charge < -0.3 is 14.2 Å². The van der Waals surface area contributed by atoms with Crippen LogP contribution in [-0.4, -0.2) is 32.7 Å². The minimum absolute atomic E-state index is 0.0370. The molecule has 0 saturated carbocycles. The van der Waals surface area contributed by atoms with Crippen molar-refractivity contribution >= 4 is 0 Å². The van der Waals surface area contributed by atoms with Crippen LogP contribution in [0.5, 0.6) is 0 Å². The molecule has 0 amide bonds. The van der Waals surface area contributed by atoms with Gasteiger partial charge in [0.25, 0.3) is 0 Å². The van der Waals surface area contributed by atoms with Gasteiger partial charge in [-0.25, -0.2) is 0 Å². The van der Waals surface area contributed by atoms with Crippen LogP contribution in [0.15, 0.2) is 0 Å². The van der Waals surface area contributed by atoms with Crippen molar-refractivity contribution in [3.05, 3.63) is 0 Å². The highest BCUT2D eigenvalue weighted by Crippen LogP contribution is 1.98. The predicted octanol–water partition coefficient (Wildman–Crippen LogP) is 2.20. The minimum atomic E-state index is -0.0370. The molecule has 0 aromatic carbocycles. The summed E-state index contributed by atoms with van der Waals surface area (Å²) in [7, 11) is 0. The standard InChI is InChI=1S/C6H14O2.C4H8O/c1-4-7-6(3)8-5-2;1-2-4-5-3-1/h6H,4-5H2,1-3H3;1-4H2. The number of hydrogen-bond donors (Lipinski definition) is 0. The molecule has 1 rings (SSSR count).